The summed E-state index contributed by atoms with van der Waals surface area (Å²) in [5.74, 6) is 0.938. The normalized spacial score (nSPS) is 22.2. The summed E-state index contributed by atoms with van der Waals surface area (Å²) in [6, 6.07) is 4.26. The predicted molar refractivity (Wildman–Crippen MR) is 80.3 cm³/mol. The number of furan rings is 1. The van der Waals surface area contributed by atoms with Gasteiger partial charge in [0.15, 0.2) is 5.58 Å². The molecule has 0 saturated carbocycles. The van der Waals surface area contributed by atoms with Crippen molar-refractivity contribution in [1.82, 2.24) is 14.5 Å². The van der Waals surface area contributed by atoms with Crippen LogP contribution in [0.2, 0.25) is 0 Å². The molecular formula is C16H16N4O2. The Morgan fingerprint density at radius 1 is 1.41 bits per heavy atom. The van der Waals surface area contributed by atoms with Crippen LogP contribution in [-0.4, -0.2) is 27.2 Å². The second-order valence-corrected chi connectivity index (χ2v) is 5.70. The number of nitrogens with zero attached hydrogens (tertiary/aromatic N) is 4. The fourth-order valence-corrected chi connectivity index (χ4v) is 3.30. The number of imidazole rings is 1. The Morgan fingerprint density at radius 3 is 3.09 bits per heavy atom. The van der Waals surface area contributed by atoms with Crippen LogP contribution in [-0.2, 0) is 4.74 Å². The molecule has 6 nitrogen and oxygen atoms in total. The van der Waals surface area contributed by atoms with Gasteiger partial charge in [-0.05, 0) is 19.8 Å². The molecule has 1 aliphatic heterocycles. The van der Waals surface area contributed by atoms with E-state index in [1.807, 2.05) is 13.0 Å². The molecule has 1 aliphatic rings. The van der Waals surface area contributed by atoms with Crippen molar-refractivity contribution >= 4 is 22.1 Å². The molecule has 112 valence electrons. The Labute approximate surface area is 127 Å². The highest BCUT2D eigenvalue weighted by Gasteiger charge is 2.26. The van der Waals surface area contributed by atoms with E-state index in [2.05, 4.69) is 20.6 Å². The van der Waals surface area contributed by atoms with E-state index in [1.165, 1.54) is 0 Å². The van der Waals surface area contributed by atoms with Crippen LogP contribution in [0.15, 0.2) is 22.9 Å². The Kier molecular flexibility index (Phi) is 3.09. The zero-order valence-corrected chi connectivity index (χ0v) is 12.3. The van der Waals surface area contributed by atoms with Gasteiger partial charge in [-0.15, -0.1) is 0 Å². The minimum absolute atomic E-state index is 0.0571. The standard InChI is InChI=1S/C16H16N4O2/c1-10-19-14-8-18-13-5-7-21-16(13)15(14)20(10)11-2-3-12(4-6-17)22-9-11/h5,7-8,11-12H,2-4,9H2,1H3/t11?,12-/m1/s1. The van der Waals surface area contributed by atoms with E-state index >= 15 is 0 Å². The molecule has 1 unspecified atom stereocenters. The van der Waals surface area contributed by atoms with Crippen LogP contribution >= 0.6 is 0 Å². The monoisotopic (exact) mass is 296 g/mol. The lowest BCUT2D eigenvalue weighted by atomic mass is 10.0. The molecule has 0 spiro atoms. The number of hydrogen-bond donors (Lipinski definition) is 0. The van der Waals surface area contributed by atoms with Crippen LogP contribution in [0.3, 0.4) is 0 Å². The first kappa shape index (κ1) is 13.3. The van der Waals surface area contributed by atoms with Gasteiger partial charge >= 0.3 is 0 Å². The molecule has 22 heavy (non-hydrogen) atoms. The van der Waals surface area contributed by atoms with Gasteiger partial charge in [-0.3, -0.25) is 4.98 Å². The molecule has 0 aromatic carbocycles. The predicted octanol–water partition coefficient (Wildman–Crippen LogP) is 3.12. The molecule has 3 aromatic heterocycles. The SMILES string of the molecule is Cc1nc2cnc3ccoc3c2n1C1CC[C@H](CC#N)OC1. The van der Waals surface area contributed by atoms with E-state index in [9.17, 15) is 0 Å². The number of fused-ring (bicyclic) bond motifs is 3. The molecule has 0 aliphatic carbocycles. The molecule has 0 N–H and O–H groups in total. The maximum atomic E-state index is 8.78. The van der Waals surface area contributed by atoms with Crippen molar-refractivity contribution < 1.29 is 9.15 Å². The Hall–Kier alpha value is -2.39. The van der Waals surface area contributed by atoms with Crippen molar-refractivity contribution in [3.05, 3.63) is 24.4 Å². The zero-order valence-electron chi connectivity index (χ0n) is 12.3. The smallest absolute Gasteiger partial charge is 0.178 e. The highest BCUT2D eigenvalue weighted by molar-refractivity contribution is 5.98. The van der Waals surface area contributed by atoms with Gasteiger partial charge in [0.05, 0.1) is 43.7 Å². The van der Waals surface area contributed by atoms with Crippen molar-refractivity contribution in [1.29, 1.82) is 5.26 Å². The average Bonchev–Trinajstić information content (AvgIpc) is 3.11. The molecular weight excluding hydrogens is 280 g/mol. The van der Waals surface area contributed by atoms with Gasteiger partial charge in [-0.25, -0.2) is 4.98 Å². The second-order valence-electron chi connectivity index (χ2n) is 5.70. The summed E-state index contributed by atoms with van der Waals surface area (Å²) in [5, 5.41) is 8.78. The summed E-state index contributed by atoms with van der Waals surface area (Å²) in [7, 11) is 0. The van der Waals surface area contributed by atoms with Crippen molar-refractivity contribution in [2.45, 2.75) is 38.3 Å². The number of ether oxygens (including phenoxy) is 1. The Balaban J connectivity index is 1.77. The van der Waals surface area contributed by atoms with Crippen molar-refractivity contribution in [3.63, 3.8) is 0 Å². The molecule has 0 bridgehead atoms. The minimum Gasteiger partial charge on any atom is -0.460 e. The Morgan fingerprint density at radius 2 is 2.32 bits per heavy atom. The zero-order chi connectivity index (χ0) is 15.1. The van der Waals surface area contributed by atoms with Crippen molar-refractivity contribution in [2.75, 3.05) is 6.61 Å². The average molecular weight is 296 g/mol. The molecule has 4 heterocycles. The number of aromatic nitrogens is 3. The first-order valence-electron chi connectivity index (χ1n) is 7.47. The highest BCUT2D eigenvalue weighted by atomic mass is 16.5. The third-order valence-corrected chi connectivity index (χ3v) is 4.33. The first-order chi connectivity index (χ1) is 10.8. The van der Waals surface area contributed by atoms with E-state index in [4.69, 9.17) is 14.4 Å². The number of nitriles is 1. The summed E-state index contributed by atoms with van der Waals surface area (Å²) >= 11 is 0. The van der Waals surface area contributed by atoms with Gasteiger partial charge in [-0.1, -0.05) is 0 Å². The van der Waals surface area contributed by atoms with Crippen molar-refractivity contribution in [2.24, 2.45) is 0 Å². The fraction of sp³-hybridized carbons (Fsp3) is 0.438. The van der Waals surface area contributed by atoms with Gasteiger partial charge in [0.2, 0.25) is 0 Å². The molecule has 6 heteroatoms. The highest BCUT2D eigenvalue weighted by Crippen LogP contribution is 2.32. The van der Waals surface area contributed by atoms with Crippen LogP contribution in [0, 0.1) is 18.3 Å². The van der Waals surface area contributed by atoms with E-state index in [1.54, 1.807) is 12.5 Å². The molecule has 1 fully saturated rings. The molecule has 3 aromatic rings. The van der Waals surface area contributed by atoms with Gasteiger partial charge < -0.3 is 13.7 Å². The largest absolute Gasteiger partial charge is 0.460 e. The fourth-order valence-electron chi connectivity index (χ4n) is 3.30. The molecule has 2 atom stereocenters. The van der Waals surface area contributed by atoms with E-state index in [0.29, 0.717) is 13.0 Å². The summed E-state index contributed by atoms with van der Waals surface area (Å²) in [4.78, 5) is 8.97. The van der Waals surface area contributed by atoms with Crippen LogP contribution in [0.25, 0.3) is 22.1 Å². The van der Waals surface area contributed by atoms with E-state index in [-0.39, 0.29) is 12.1 Å². The molecule has 0 amide bonds. The van der Waals surface area contributed by atoms with Gasteiger partial charge in [0.1, 0.15) is 22.4 Å². The second kappa shape index (κ2) is 5.11. The van der Waals surface area contributed by atoms with Gasteiger partial charge in [0.25, 0.3) is 0 Å². The number of aryl methyl sites for hydroxylation is 1. The molecule has 0 radical (unpaired) electrons. The molecule has 1 saturated heterocycles. The first-order valence-corrected chi connectivity index (χ1v) is 7.47. The lowest BCUT2D eigenvalue weighted by Gasteiger charge is -2.29. The van der Waals surface area contributed by atoms with Crippen molar-refractivity contribution in [3.8, 4) is 6.07 Å². The lowest BCUT2D eigenvalue weighted by Crippen LogP contribution is -2.28. The number of hydrogen-bond acceptors (Lipinski definition) is 5. The maximum absolute atomic E-state index is 8.78. The lowest BCUT2D eigenvalue weighted by molar-refractivity contribution is -0.00807. The summed E-state index contributed by atoms with van der Waals surface area (Å²) < 4.78 is 13.7. The van der Waals surface area contributed by atoms with E-state index < -0.39 is 0 Å². The summed E-state index contributed by atoms with van der Waals surface area (Å²) in [6.07, 6.45) is 5.83. The summed E-state index contributed by atoms with van der Waals surface area (Å²) in [6.45, 7) is 2.60. The molecule has 4 rings (SSSR count). The Bertz CT molecular complexity index is 865. The number of rotatable bonds is 2. The topological polar surface area (TPSA) is 76.9 Å². The maximum Gasteiger partial charge on any atom is 0.178 e. The van der Waals surface area contributed by atoms with Crippen LogP contribution in [0.1, 0.15) is 31.1 Å². The summed E-state index contributed by atoms with van der Waals surface area (Å²) in [5.41, 5.74) is 3.45. The van der Waals surface area contributed by atoms with Crippen LogP contribution in [0.5, 0.6) is 0 Å². The van der Waals surface area contributed by atoms with Crippen LogP contribution in [0.4, 0.5) is 0 Å². The van der Waals surface area contributed by atoms with Crippen LogP contribution < -0.4 is 0 Å². The third kappa shape index (κ3) is 1.97. The van der Waals surface area contributed by atoms with Gasteiger partial charge in [-0.2, -0.15) is 5.26 Å². The third-order valence-electron chi connectivity index (χ3n) is 4.33. The van der Waals surface area contributed by atoms with Gasteiger partial charge in [0, 0.05) is 6.07 Å². The minimum atomic E-state index is 0.0571. The van der Waals surface area contributed by atoms with E-state index in [0.717, 1.165) is 40.8 Å². The number of pyridine rings is 1. The quantitative estimate of drug-likeness (QED) is 0.726.